The molecule has 1 amide bonds. The zero-order valence-electron chi connectivity index (χ0n) is 12.2. The first-order chi connectivity index (χ1) is 9.74. The van der Waals surface area contributed by atoms with Crippen LogP contribution in [0.5, 0.6) is 5.75 Å². The third-order valence-corrected chi connectivity index (χ3v) is 3.87. The van der Waals surface area contributed by atoms with Gasteiger partial charge < -0.3 is 14.8 Å². The lowest BCUT2D eigenvalue weighted by Gasteiger charge is -2.32. The number of hydrogen-bond donors (Lipinski definition) is 1. The highest BCUT2D eigenvalue weighted by Gasteiger charge is 2.28. The van der Waals surface area contributed by atoms with Crippen LogP contribution >= 0.6 is 0 Å². The normalized spacial score (nSPS) is 22.1. The van der Waals surface area contributed by atoms with Gasteiger partial charge in [-0.15, -0.1) is 0 Å². The molecule has 4 nitrogen and oxygen atoms in total. The van der Waals surface area contributed by atoms with Gasteiger partial charge in [0.1, 0.15) is 5.75 Å². The molecule has 1 fully saturated rings. The van der Waals surface area contributed by atoms with E-state index in [1.54, 1.807) is 7.11 Å². The molecule has 2 rings (SSSR count). The molecule has 0 radical (unpaired) electrons. The van der Waals surface area contributed by atoms with Crippen molar-refractivity contribution in [1.29, 1.82) is 0 Å². The lowest BCUT2D eigenvalue weighted by Crippen LogP contribution is -2.41. The van der Waals surface area contributed by atoms with Crippen LogP contribution in [-0.4, -0.2) is 25.9 Å². The molecule has 1 aliphatic rings. The number of carbonyl (C=O) groups excluding carboxylic acids is 1. The topological polar surface area (TPSA) is 47.6 Å². The van der Waals surface area contributed by atoms with E-state index in [0.29, 0.717) is 12.5 Å². The number of hydrogen-bond acceptors (Lipinski definition) is 3. The Hall–Kier alpha value is -1.71. The van der Waals surface area contributed by atoms with Crippen LogP contribution in [0.25, 0.3) is 0 Å². The fourth-order valence-corrected chi connectivity index (χ4v) is 2.90. The molecule has 0 spiro atoms. The van der Waals surface area contributed by atoms with Crippen LogP contribution in [0, 0.1) is 0 Å². The standard InChI is InChI=1S/C16H23NO3/c1-3-20-16(18)17-15-10-5-4-9-14(15)12-7-6-8-13(11-12)19-2/h6-8,11,14-15H,3-5,9-10H2,1-2H3,(H,17,18). The number of methoxy groups -OCH3 is 1. The third kappa shape index (κ3) is 3.65. The fourth-order valence-electron chi connectivity index (χ4n) is 2.90. The van der Waals surface area contributed by atoms with E-state index < -0.39 is 0 Å². The second-order valence-corrected chi connectivity index (χ2v) is 5.14. The Morgan fingerprint density at radius 1 is 1.35 bits per heavy atom. The first-order valence-electron chi connectivity index (χ1n) is 7.31. The van der Waals surface area contributed by atoms with Crippen molar-refractivity contribution < 1.29 is 14.3 Å². The van der Waals surface area contributed by atoms with Gasteiger partial charge in [-0.1, -0.05) is 25.0 Å². The maximum Gasteiger partial charge on any atom is 0.407 e. The van der Waals surface area contributed by atoms with Crippen LogP contribution < -0.4 is 10.1 Å². The molecule has 2 unspecified atom stereocenters. The number of ether oxygens (including phenoxy) is 2. The highest BCUT2D eigenvalue weighted by Crippen LogP contribution is 2.34. The Morgan fingerprint density at radius 2 is 2.15 bits per heavy atom. The molecule has 20 heavy (non-hydrogen) atoms. The van der Waals surface area contributed by atoms with Crippen molar-refractivity contribution in [3.63, 3.8) is 0 Å². The molecule has 0 heterocycles. The molecule has 110 valence electrons. The largest absolute Gasteiger partial charge is 0.497 e. The minimum absolute atomic E-state index is 0.148. The van der Waals surface area contributed by atoms with Crippen molar-refractivity contribution in [3.05, 3.63) is 29.8 Å². The van der Waals surface area contributed by atoms with E-state index in [1.165, 1.54) is 12.0 Å². The van der Waals surface area contributed by atoms with Gasteiger partial charge in [0.05, 0.1) is 13.7 Å². The monoisotopic (exact) mass is 277 g/mol. The predicted octanol–water partition coefficient (Wildman–Crippen LogP) is 3.47. The highest BCUT2D eigenvalue weighted by molar-refractivity contribution is 5.67. The Balaban J connectivity index is 2.11. The summed E-state index contributed by atoms with van der Waals surface area (Å²) in [5, 5.41) is 3.00. The van der Waals surface area contributed by atoms with Crippen LogP contribution in [0.2, 0.25) is 0 Å². The highest BCUT2D eigenvalue weighted by atomic mass is 16.5. The molecule has 0 bridgehead atoms. The Bertz CT molecular complexity index is 447. The maximum absolute atomic E-state index is 11.7. The number of nitrogens with one attached hydrogen (secondary N) is 1. The number of amides is 1. The summed E-state index contributed by atoms with van der Waals surface area (Å²) >= 11 is 0. The summed E-state index contributed by atoms with van der Waals surface area (Å²) in [5.74, 6) is 1.20. The summed E-state index contributed by atoms with van der Waals surface area (Å²) in [6.45, 7) is 2.22. The quantitative estimate of drug-likeness (QED) is 0.916. The van der Waals surface area contributed by atoms with Gasteiger partial charge in [-0.3, -0.25) is 0 Å². The van der Waals surface area contributed by atoms with Crippen LogP contribution in [0.1, 0.15) is 44.1 Å². The number of alkyl carbamates (subject to hydrolysis) is 1. The lowest BCUT2D eigenvalue weighted by atomic mass is 9.80. The zero-order valence-corrected chi connectivity index (χ0v) is 12.2. The molecule has 0 saturated heterocycles. The van der Waals surface area contributed by atoms with E-state index in [2.05, 4.69) is 17.4 Å². The average molecular weight is 277 g/mol. The molecule has 0 aliphatic heterocycles. The molecular weight excluding hydrogens is 254 g/mol. The molecule has 2 atom stereocenters. The van der Waals surface area contributed by atoms with Crippen molar-refractivity contribution in [1.82, 2.24) is 5.32 Å². The summed E-state index contributed by atoms with van der Waals surface area (Å²) in [5.41, 5.74) is 1.23. The van der Waals surface area contributed by atoms with Crippen LogP contribution in [0.3, 0.4) is 0 Å². The van der Waals surface area contributed by atoms with Gasteiger partial charge >= 0.3 is 6.09 Å². The van der Waals surface area contributed by atoms with Gasteiger partial charge in [-0.25, -0.2) is 4.79 Å². The predicted molar refractivity (Wildman–Crippen MR) is 78.1 cm³/mol. The smallest absolute Gasteiger partial charge is 0.407 e. The SMILES string of the molecule is CCOC(=O)NC1CCCCC1c1cccc(OC)c1. The third-order valence-electron chi connectivity index (χ3n) is 3.87. The number of carbonyl (C=O) groups is 1. The molecule has 4 heteroatoms. The van der Waals surface area contributed by atoms with Gasteiger partial charge in [-0.2, -0.15) is 0 Å². The summed E-state index contributed by atoms with van der Waals surface area (Å²) in [6, 6.07) is 8.27. The second-order valence-electron chi connectivity index (χ2n) is 5.14. The van der Waals surface area contributed by atoms with Crippen LogP contribution in [0.15, 0.2) is 24.3 Å². The van der Waals surface area contributed by atoms with Crippen molar-refractivity contribution in [2.45, 2.75) is 44.6 Å². The van der Waals surface area contributed by atoms with Gasteiger partial charge in [-0.05, 0) is 37.5 Å². The van der Waals surface area contributed by atoms with Crippen molar-refractivity contribution in [2.75, 3.05) is 13.7 Å². The van der Waals surface area contributed by atoms with Crippen molar-refractivity contribution in [3.8, 4) is 5.75 Å². The molecule has 1 aromatic carbocycles. The molecule has 1 N–H and O–H groups in total. The van der Waals surface area contributed by atoms with Gasteiger partial charge in [0.2, 0.25) is 0 Å². The van der Waals surface area contributed by atoms with Crippen LogP contribution in [0.4, 0.5) is 4.79 Å². The van der Waals surface area contributed by atoms with E-state index in [0.717, 1.165) is 25.0 Å². The number of rotatable bonds is 4. The summed E-state index contributed by atoms with van der Waals surface area (Å²) in [7, 11) is 1.67. The lowest BCUT2D eigenvalue weighted by molar-refractivity contribution is 0.143. The minimum Gasteiger partial charge on any atom is -0.497 e. The van der Waals surface area contributed by atoms with E-state index in [-0.39, 0.29) is 12.1 Å². The molecule has 1 aromatic rings. The van der Waals surface area contributed by atoms with Gasteiger partial charge in [0.15, 0.2) is 0 Å². The Morgan fingerprint density at radius 3 is 2.90 bits per heavy atom. The first kappa shape index (κ1) is 14.7. The second kappa shape index (κ2) is 7.17. The Kier molecular flexibility index (Phi) is 5.27. The summed E-state index contributed by atoms with van der Waals surface area (Å²) in [4.78, 5) is 11.7. The molecule has 1 aliphatic carbocycles. The molecule has 0 aromatic heterocycles. The van der Waals surface area contributed by atoms with E-state index in [9.17, 15) is 4.79 Å². The average Bonchev–Trinajstić information content (AvgIpc) is 2.48. The Labute approximate surface area is 120 Å². The van der Waals surface area contributed by atoms with E-state index in [1.807, 2.05) is 19.1 Å². The van der Waals surface area contributed by atoms with E-state index >= 15 is 0 Å². The summed E-state index contributed by atoms with van der Waals surface area (Å²) < 4.78 is 10.3. The van der Waals surface area contributed by atoms with Crippen molar-refractivity contribution in [2.24, 2.45) is 0 Å². The van der Waals surface area contributed by atoms with Crippen LogP contribution in [-0.2, 0) is 4.74 Å². The van der Waals surface area contributed by atoms with Gasteiger partial charge in [0.25, 0.3) is 0 Å². The number of benzene rings is 1. The molecule has 1 saturated carbocycles. The zero-order chi connectivity index (χ0) is 14.4. The van der Waals surface area contributed by atoms with Crippen molar-refractivity contribution >= 4 is 6.09 Å². The first-order valence-corrected chi connectivity index (χ1v) is 7.31. The minimum atomic E-state index is -0.313. The summed E-state index contributed by atoms with van der Waals surface area (Å²) in [6.07, 6.45) is 4.12. The van der Waals surface area contributed by atoms with E-state index in [4.69, 9.17) is 9.47 Å². The fraction of sp³-hybridized carbons (Fsp3) is 0.562. The van der Waals surface area contributed by atoms with Gasteiger partial charge in [0, 0.05) is 12.0 Å². The molecular formula is C16H23NO3. The maximum atomic E-state index is 11.7.